The zero-order valence-electron chi connectivity index (χ0n) is 8.15. The van der Waals surface area contributed by atoms with Crippen LogP contribution in [0.4, 0.5) is 0 Å². The summed E-state index contributed by atoms with van der Waals surface area (Å²) in [4.78, 5) is 12.2. The molecule has 2 N–H and O–H groups in total. The van der Waals surface area contributed by atoms with Crippen LogP contribution in [0, 0.1) is 0 Å². The van der Waals surface area contributed by atoms with Crippen molar-refractivity contribution in [3.05, 3.63) is 29.8 Å². The molecule has 0 saturated carbocycles. The smallest absolute Gasteiger partial charge is 0.330 e. The van der Waals surface area contributed by atoms with E-state index < -0.39 is 11.5 Å². The SMILES string of the molecule is COC(=O)[C@](C)(N)c1ccc(S)cc1. The number of benzene rings is 1. The monoisotopic (exact) mass is 211 g/mol. The number of nitrogens with two attached hydrogens (primary N) is 1. The molecule has 3 nitrogen and oxygen atoms in total. The van der Waals surface area contributed by atoms with Gasteiger partial charge in [-0.3, -0.25) is 0 Å². The number of esters is 1. The molecule has 1 aromatic rings. The highest BCUT2D eigenvalue weighted by atomic mass is 32.1. The Kier molecular flexibility index (Phi) is 3.18. The topological polar surface area (TPSA) is 52.3 Å². The van der Waals surface area contributed by atoms with Crippen LogP contribution in [0.3, 0.4) is 0 Å². The van der Waals surface area contributed by atoms with Crippen LogP contribution < -0.4 is 5.73 Å². The van der Waals surface area contributed by atoms with Crippen molar-refractivity contribution in [1.82, 2.24) is 0 Å². The van der Waals surface area contributed by atoms with Crippen molar-refractivity contribution in [1.29, 1.82) is 0 Å². The Morgan fingerprint density at radius 2 is 1.93 bits per heavy atom. The summed E-state index contributed by atoms with van der Waals surface area (Å²) >= 11 is 4.15. The maximum absolute atomic E-state index is 11.4. The summed E-state index contributed by atoms with van der Waals surface area (Å²) in [6.07, 6.45) is 0. The molecule has 0 radical (unpaired) electrons. The molecule has 0 unspecified atom stereocenters. The fraction of sp³-hybridized carbons (Fsp3) is 0.300. The largest absolute Gasteiger partial charge is 0.467 e. The van der Waals surface area contributed by atoms with Gasteiger partial charge in [-0.15, -0.1) is 12.6 Å². The number of methoxy groups -OCH3 is 1. The first-order valence-corrected chi connectivity index (χ1v) is 4.60. The maximum atomic E-state index is 11.4. The van der Waals surface area contributed by atoms with Crippen molar-refractivity contribution in [2.24, 2.45) is 5.73 Å². The fourth-order valence-electron chi connectivity index (χ4n) is 1.14. The summed E-state index contributed by atoms with van der Waals surface area (Å²) in [7, 11) is 1.32. The lowest BCUT2D eigenvalue weighted by molar-refractivity contribution is -0.146. The highest BCUT2D eigenvalue weighted by molar-refractivity contribution is 7.80. The lowest BCUT2D eigenvalue weighted by Crippen LogP contribution is -2.42. The Hall–Kier alpha value is -1.00. The summed E-state index contributed by atoms with van der Waals surface area (Å²) < 4.78 is 4.62. The fourth-order valence-corrected chi connectivity index (χ4v) is 1.29. The molecule has 0 amide bonds. The third-order valence-electron chi connectivity index (χ3n) is 2.08. The Balaban J connectivity index is 3.03. The molecular weight excluding hydrogens is 198 g/mol. The summed E-state index contributed by atoms with van der Waals surface area (Å²) in [6.45, 7) is 1.62. The van der Waals surface area contributed by atoms with E-state index in [1.54, 1.807) is 31.2 Å². The van der Waals surface area contributed by atoms with Gasteiger partial charge < -0.3 is 10.5 Å². The van der Waals surface area contributed by atoms with Gasteiger partial charge in [0.2, 0.25) is 0 Å². The van der Waals surface area contributed by atoms with E-state index in [0.29, 0.717) is 5.56 Å². The molecule has 1 aromatic carbocycles. The van der Waals surface area contributed by atoms with Crippen LogP contribution in [0.5, 0.6) is 0 Å². The van der Waals surface area contributed by atoms with Gasteiger partial charge in [-0.2, -0.15) is 0 Å². The van der Waals surface area contributed by atoms with Gasteiger partial charge in [-0.1, -0.05) is 12.1 Å². The van der Waals surface area contributed by atoms with Crippen molar-refractivity contribution < 1.29 is 9.53 Å². The quantitative estimate of drug-likeness (QED) is 0.573. The molecule has 0 heterocycles. The van der Waals surface area contributed by atoms with Gasteiger partial charge >= 0.3 is 5.97 Å². The zero-order valence-corrected chi connectivity index (χ0v) is 9.04. The van der Waals surface area contributed by atoms with Crippen molar-refractivity contribution in [3.8, 4) is 0 Å². The molecule has 0 aliphatic heterocycles. The number of thiol groups is 1. The number of carbonyl (C=O) groups excluding carboxylic acids is 1. The highest BCUT2D eigenvalue weighted by Crippen LogP contribution is 2.20. The van der Waals surface area contributed by atoms with Crippen LogP contribution in [-0.2, 0) is 15.1 Å². The van der Waals surface area contributed by atoms with Gasteiger partial charge in [0, 0.05) is 4.90 Å². The number of hydrogen-bond donors (Lipinski definition) is 2. The average molecular weight is 211 g/mol. The third kappa shape index (κ3) is 2.08. The minimum absolute atomic E-state index is 0.454. The van der Waals surface area contributed by atoms with Crippen molar-refractivity contribution in [2.45, 2.75) is 17.4 Å². The molecule has 14 heavy (non-hydrogen) atoms. The standard InChI is InChI=1S/C10H13NO2S/c1-10(11,9(12)13-2)7-3-5-8(14)6-4-7/h3-6,14H,11H2,1-2H3/t10-/m1/s1. The third-order valence-corrected chi connectivity index (χ3v) is 2.37. The van der Waals surface area contributed by atoms with E-state index in [1.165, 1.54) is 7.11 Å². The summed E-state index contributed by atoms with van der Waals surface area (Å²) in [5.41, 5.74) is 5.45. The number of ether oxygens (including phenoxy) is 1. The molecule has 76 valence electrons. The van der Waals surface area contributed by atoms with Gasteiger partial charge in [0.1, 0.15) is 5.54 Å². The first-order chi connectivity index (χ1) is 6.48. The zero-order chi connectivity index (χ0) is 10.8. The summed E-state index contributed by atoms with van der Waals surface area (Å²) in [5.74, 6) is -0.454. The van der Waals surface area contributed by atoms with Crippen LogP contribution in [0.2, 0.25) is 0 Å². The second-order valence-corrected chi connectivity index (χ2v) is 3.76. The van der Waals surface area contributed by atoms with Crippen LogP contribution in [-0.4, -0.2) is 13.1 Å². The molecule has 0 saturated heterocycles. The Labute approximate surface area is 88.7 Å². The van der Waals surface area contributed by atoms with Crippen molar-refractivity contribution in [3.63, 3.8) is 0 Å². The van der Waals surface area contributed by atoms with Crippen molar-refractivity contribution >= 4 is 18.6 Å². The number of hydrogen-bond acceptors (Lipinski definition) is 4. The molecule has 0 bridgehead atoms. The first kappa shape index (κ1) is 11.1. The van der Waals surface area contributed by atoms with Gasteiger partial charge in [0.05, 0.1) is 7.11 Å². The Morgan fingerprint density at radius 3 is 2.36 bits per heavy atom. The normalized spacial score (nSPS) is 14.6. The van der Waals surface area contributed by atoms with E-state index in [1.807, 2.05) is 0 Å². The molecule has 0 fully saturated rings. The molecule has 0 aliphatic rings. The molecule has 1 rings (SSSR count). The predicted octanol–water partition coefficient (Wildman–Crippen LogP) is 1.32. The van der Waals surface area contributed by atoms with Crippen LogP contribution in [0.1, 0.15) is 12.5 Å². The van der Waals surface area contributed by atoms with E-state index in [4.69, 9.17) is 5.73 Å². The van der Waals surface area contributed by atoms with Gasteiger partial charge in [-0.25, -0.2) is 4.79 Å². The van der Waals surface area contributed by atoms with E-state index in [0.717, 1.165) is 4.90 Å². The van der Waals surface area contributed by atoms with Crippen LogP contribution in [0.25, 0.3) is 0 Å². The number of carbonyl (C=O) groups is 1. The molecule has 0 spiro atoms. The lowest BCUT2D eigenvalue weighted by Gasteiger charge is -2.21. The van der Waals surface area contributed by atoms with Gasteiger partial charge in [0.25, 0.3) is 0 Å². The average Bonchev–Trinajstić information content (AvgIpc) is 2.17. The highest BCUT2D eigenvalue weighted by Gasteiger charge is 2.31. The molecule has 0 aromatic heterocycles. The minimum Gasteiger partial charge on any atom is -0.467 e. The van der Waals surface area contributed by atoms with E-state index in [-0.39, 0.29) is 0 Å². The molecule has 1 atom stereocenters. The number of rotatable bonds is 2. The summed E-state index contributed by atoms with van der Waals surface area (Å²) in [6, 6.07) is 7.09. The van der Waals surface area contributed by atoms with Crippen molar-refractivity contribution in [2.75, 3.05) is 7.11 Å². The van der Waals surface area contributed by atoms with Gasteiger partial charge in [-0.05, 0) is 24.6 Å². The second kappa shape index (κ2) is 4.02. The molecular formula is C10H13NO2S. The Bertz CT molecular complexity index is 332. The molecule has 0 aliphatic carbocycles. The van der Waals surface area contributed by atoms with E-state index in [2.05, 4.69) is 17.4 Å². The molecule has 4 heteroatoms. The second-order valence-electron chi connectivity index (χ2n) is 3.24. The van der Waals surface area contributed by atoms with Crippen LogP contribution >= 0.6 is 12.6 Å². The minimum atomic E-state index is -1.10. The lowest BCUT2D eigenvalue weighted by atomic mass is 9.93. The van der Waals surface area contributed by atoms with Gasteiger partial charge in [0.15, 0.2) is 0 Å². The van der Waals surface area contributed by atoms with E-state index in [9.17, 15) is 4.79 Å². The van der Waals surface area contributed by atoms with Crippen LogP contribution in [0.15, 0.2) is 29.2 Å². The first-order valence-electron chi connectivity index (χ1n) is 4.15. The van der Waals surface area contributed by atoms with E-state index >= 15 is 0 Å². The Morgan fingerprint density at radius 1 is 1.43 bits per heavy atom. The maximum Gasteiger partial charge on any atom is 0.330 e. The summed E-state index contributed by atoms with van der Waals surface area (Å²) in [5, 5.41) is 0. The predicted molar refractivity (Wildman–Crippen MR) is 57.2 cm³/mol.